The van der Waals surface area contributed by atoms with Crippen molar-refractivity contribution in [2.75, 3.05) is 38.1 Å². The summed E-state index contributed by atoms with van der Waals surface area (Å²) in [6, 6.07) is 15.2. The normalized spacial score (nSPS) is 22.4. The number of anilines is 1. The minimum Gasteiger partial charge on any atom is -0.489 e. The maximum absolute atomic E-state index is 14.4. The van der Waals surface area contributed by atoms with Crippen molar-refractivity contribution in [2.24, 2.45) is 17.8 Å². The predicted molar refractivity (Wildman–Crippen MR) is 206 cm³/mol. The van der Waals surface area contributed by atoms with Gasteiger partial charge in [-0.05, 0) is 90.9 Å². The Labute approximate surface area is 342 Å². The number of nitrogens with zero attached hydrogens (tertiary/aromatic N) is 2. The van der Waals surface area contributed by atoms with E-state index in [4.69, 9.17) is 37.4 Å². The van der Waals surface area contributed by atoms with E-state index in [2.05, 4.69) is 25.3 Å². The van der Waals surface area contributed by atoms with E-state index in [1.165, 1.54) is 60.9 Å². The first-order valence-corrected chi connectivity index (χ1v) is 19.8. The third-order valence-electron chi connectivity index (χ3n) is 11.2. The third-order valence-corrected chi connectivity index (χ3v) is 11.8. The fourth-order valence-electron chi connectivity index (χ4n) is 8.06. The first-order valence-electron chi connectivity index (χ1n) is 19.0. The zero-order chi connectivity index (χ0) is 40.6. The largest absolute Gasteiger partial charge is 0.489 e. The second kappa shape index (κ2) is 16.7. The van der Waals surface area contributed by atoms with E-state index in [1.807, 2.05) is 0 Å². The number of carbonyl (C=O) groups excluding carboxylic acids is 3. The van der Waals surface area contributed by atoms with Gasteiger partial charge < -0.3 is 29.6 Å². The van der Waals surface area contributed by atoms with Gasteiger partial charge in [0, 0.05) is 55.0 Å². The molecule has 6 atom stereocenters. The summed E-state index contributed by atoms with van der Waals surface area (Å²) in [7, 11) is 0. The zero-order valence-corrected chi connectivity index (χ0v) is 32.5. The monoisotopic (exact) mass is 838 g/mol. The van der Waals surface area contributed by atoms with Crippen LogP contribution in [0.1, 0.15) is 58.5 Å². The van der Waals surface area contributed by atoms with Crippen LogP contribution in [0, 0.1) is 23.6 Å². The molecule has 11 nitrogen and oxygen atoms in total. The van der Waals surface area contributed by atoms with Gasteiger partial charge in [0.05, 0.1) is 16.7 Å². The highest BCUT2D eigenvalue weighted by molar-refractivity contribution is 6.35. The summed E-state index contributed by atoms with van der Waals surface area (Å²) in [5, 5.41) is 6.13. The van der Waals surface area contributed by atoms with Crippen molar-refractivity contribution >= 4 is 46.7 Å². The van der Waals surface area contributed by atoms with Crippen LogP contribution in [0.5, 0.6) is 11.5 Å². The number of piperidine rings is 3. The van der Waals surface area contributed by atoms with Crippen LogP contribution in [-0.4, -0.2) is 72.7 Å². The van der Waals surface area contributed by atoms with Crippen LogP contribution >= 0.6 is 23.2 Å². The minimum atomic E-state index is -3.09. The molecule has 5 unspecified atom stereocenters. The van der Waals surface area contributed by atoms with Crippen molar-refractivity contribution in [2.45, 2.75) is 50.0 Å². The number of hydrogen-bond donors (Lipinski definition) is 2. The summed E-state index contributed by atoms with van der Waals surface area (Å²) in [5.41, 5.74) is 1.17. The van der Waals surface area contributed by atoms with Gasteiger partial charge in [-0.1, -0.05) is 47.5 Å². The van der Waals surface area contributed by atoms with Gasteiger partial charge >= 0.3 is 18.6 Å². The van der Waals surface area contributed by atoms with Gasteiger partial charge in [0.25, 0.3) is 5.91 Å². The fourth-order valence-corrected chi connectivity index (χ4v) is 8.58. The summed E-state index contributed by atoms with van der Waals surface area (Å²) in [4.78, 5) is 46.8. The lowest BCUT2D eigenvalue weighted by Crippen LogP contribution is -2.40. The number of alkyl halides is 2. The summed E-state index contributed by atoms with van der Waals surface area (Å²) < 4.78 is 63.4. The van der Waals surface area contributed by atoms with Crippen molar-refractivity contribution in [3.8, 4) is 11.5 Å². The highest BCUT2D eigenvalue weighted by Gasteiger charge is 2.74. The SMILES string of the molecule is O=C(CNC(=O)c1cccc(NC(C(=O)O[C@]23CN4CCC2C3C4)c2cccc(F)c2)c1)OC(Cc1c(Cl)cncc1Cl)c1ccc(OC(F)F)c(OCC2CC2)c1. The van der Waals surface area contributed by atoms with Crippen molar-refractivity contribution in [1.29, 1.82) is 0 Å². The van der Waals surface area contributed by atoms with Crippen LogP contribution in [0.4, 0.5) is 18.9 Å². The number of ether oxygens (including phenoxy) is 4. The molecule has 0 radical (unpaired) electrons. The molecular weight excluding hydrogens is 800 g/mol. The Balaban J connectivity index is 0.957. The predicted octanol–water partition coefficient (Wildman–Crippen LogP) is 7.58. The van der Waals surface area contributed by atoms with Crippen LogP contribution in [0.2, 0.25) is 10.0 Å². The molecule has 2 aliphatic carbocycles. The van der Waals surface area contributed by atoms with Gasteiger partial charge in [-0.15, -0.1) is 0 Å². The molecule has 5 aliphatic rings. The van der Waals surface area contributed by atoms with E-state index in [0.29, 0.717) is 53.3 Å². The molecule has 2 N–H and O–H groups in total. The fraction of sp³-hybridized carbons (Fsp3) is 0.381. The maximum Gasteiger partial charge on any atom is 0.387 e. The molecule has 16 heteroatoms. The van der Waals surface area contributed by atoms with Crippen LogP contribution in [0.3, 0.4) is 0 Å². The lowest BCUT2D eigenvalue weighted by atomic mass is 10.0. The summed E-state index contributed by atoms with van der Waals surface area (Å²) in [6.45, 7) is -0.774. The number of benzene rings is 3. The van der Waals surface area contributed by atoms with E-state index >= 15 is 0 Å². The number of pyridine rings is 1. The van der Waals surface area contributed by atoms with Crippen LogP contribution in [-0.2, 0) is 25.5 Å². The third kappa shape index (κ3) is 8.84. The molecule has 58 heavy (non-hydrogen) atoms. The molecule has 4 bridgehead atoms. The molecular formula is C42H39Cl2F3N4O7. The van der Waals surface area contributed by atoms with Crippen molar-refractivity contribution in [1.82, 2.24) is 15.2 Å². The topological polar surface area (TPSA) is 128 Å². The van der Waals surface area contributed by atoms with E-state index < -0.39 is 54.6 Å². The van der Waals surface area contributed by atoms with Crippen molar-refractivity contribution < 1.29 is 46.5 Å². The lowest BCUT2D eigenvalue weighted by molar-refractivity contribution is -0.154. The first-order chi connectivity index (χ1) is 28.0. The molecule has 3 aromatic carbocycles. The quantitative estimate of drug-likeness (QED) is 0.103. The van der Waals surface area contributed by atoms with Gasteiger partial charge in [-0.25, -0.2) is 9.18 Å². The minimum absolute atomic E-state index is 0.0275. The van der Waals surface area contributed by atoms with Crippen LogP contribution in [0.15, 0.2) is 79.1 Å². The second-order valence-electron chi connectivity index (χ2n) is 15.1. The van der Waals surface area contributed by atoms with Crippen molar-refractivity contribution in [3.63, 3.8) is 0 Å². The Hall–Kier alpha value is -5.05. The summed E-state index contributed by atoms with van der Waals surface area (Å²) in [6.07, 6.45) is 4.58. The Morgan fingerprint density at radius 3 is 2.41 bits per heavy atom. The Kier molecular flexibility index (Phi) is 11.4. The zero-order valence-electron chi connectivity index (χ0n) is 31.0. The Morgan fingerprint density at radius 2 is 1.72 bits per heavy atom. The van der Waals surface area contributed by atoms with Gasteiger partial charge in [0.15, 0.2) is 17.5 Å². The molecule has 5 fully saturated rings. The number of aromatic nitrogens is 1. The van der Waals surface area contributed by atoms with Crippen LogP contribution < -0.4 is 20.1 Å². The van der Waals surface area contributed by atoms with E-state index in [9.17, 15) is 27.6 Å². The average molecular weight is 840 g/mol. The summed E-state index contributed by atoms with van der Waals surface area (Å²) >= 11 is 12.8. The Bertz CT molecular complexity index is 2190. The Morgan fingerprint density at radius 1 is 0.931 bits per heavy atom. The molecule has 0 spiro atoms. The maximum atomic E-state index is 14.4. The molecule has 1 amide bonds. The molecule has 304 valence electrons. The van der Waals surface area contributed by atoms with E-state index in [-0.39, 0.29) is 33.5 Å². The number of carbonyl (C=O) groups is 3. The number of hydrogen-bond acceptors (Lipinski definition) is 10. The molecule has 2 saturated carbocycles. The standard InChI is InChI=1S/C42H39Cl2F3N4O7/c43-32-17-48-18-33(44)29(32)16-35(24-9-10-34(57-41(46)47)36(15-24)55-21-23-7-8-23)56-37(52)19-49-39(53)26-4-2-6-28(14-26)50-38(25-3-1-5-27(45)13-25)40(54)58-42-22-51-12-11-30(42)31(42)20-51/h1-6,9-10,13-15,17-18,23,30-31,35,38,41,50H,7-8,11-12,16,19-22H2,(H,49,53)/t30?,31?,35?,38?,42-/m1/s1. The van der Waals surface area contributed by atoms with Gasteiger partial charge in [-0.2, -0.15) is 8.78 Å². The number of amides is 1. The van der Waals surface area contributed by atoms with Gasteiger partial charge in [-0.3, -0.25) is 19.5 Å². The average Bonchev–Trinajstić information content (AvgIpc) is 4.12. The highest BCUT2D eigenvalue weighted by atomic mass is 35.5. The second-order valence-corrected chi connectivity index (χ2v) is 15.9. The number of esters is 2. The van der Waals surface area contributed by atoms with E-state index in [1.54, 1.807) is 18.2 Å². The molecule has 1 aromatic heterocycles. The van der Waals surface area contributed by atoms with Crippen LogP contribution in [0.25, 0.3) is 0 Å². The molecule has 4 heterocycles. The number of rotatable bonds is 17. The highest BCUT2D eigenvalue weighted by Crippen LogP contribution is 2.63. The molecule has 3 saturated heterocycles. The van der Waals surface area contributed by atoms with Gasteiger partial charge in [0.2, 0.25) is 0 Å². The number of nitrogens with one attached hydrogen (secondary N) is 2. The number of fused-ring (bicyclic) bond motifs is 1. The van der Waals surface area contributed by atoms with Crippen molar-refractivity contribution in [3.05, 3.63) is 117 Å². The number of halogens is 5. The molecule has 4 aromatic rings. The van der Waals surface area contributed by atoms with Gasteiger partial charge in [0.1, 0.15) is 24.1 Å². The lowest BCUT2D eigenvalue weighted by Gasteiger charge is -2.30. The first kappa shape index (κ1) is 39.8. The molecule has 3 aliphatic heterocycles. The molecule has 9 rings (SSSR count). The van der Waals surface area contributed by atoms with E-state index in [0.717, 1.165) is 32.4 Å². The smallest absolute Gasteiger partial charge is 0.387 e. The summed E-state index contributed by atoms with van der Waals surface area (Å²) in [5.74, 6) is -1.70.